The van der Waals surface area contributed by atoms with E-state index in [1.54, 1.807) is 31.2 Å². The topological polar surface area (TPSA) is 67.4 Å². The molecular formula is C20H23ClN2O3S. The Morgan fingerprint density at radius 2 is 1.93 bits per heavy atom. The summed E-state index contributed by atoms with van der Waals surface area (Å²) in [5.41, 5.74) is 2.14. The number of thiophene rings is 1. The molecule has 7 heteroatoms. The molecule has 0 unspecified atom stereocenters. The van der Waals surface area contributed by atoms with Crippen LogP contribution in [0.3, 0.4) is 0 Å². The van der Waals surface area contributed by atoms with E-state index in [2.05, 4.69) is 10.6 Å². The summed E-state index contributed by atoms with van der Waals surface area (Å²) in [6.07, 6.45) is 6.29. The van der Waals surface area contributed by atoms with Gasteiger partial charge in [-0.2, -0.15) is 0 Å². The van der Waals surface area contributed by atoms with E-state index in [-0.39, 0.29) is 5.97 Å². The predicted molar refractivity (Wildman–Crippen MR) is 110 cm³/mol. The summed E-state index contributed by atoms with van der Waals surface area (Å²) in [6, 6.07) is 6.52. The molecule has 0 saturated carbocycles. The fourth-order valence-corrected chi connectivity index (χ4v) is 4.72. The van der Waals surface area contributed by atoms with E-state index in [0.29, 0.717) is 27.9 Å². The first-order valence-corrected chi connectivity index (χ1v) is 10.4. The highest BCUT2D eigenvalue weighted by molar-refractivity contribution is 7.17. The zero-order valence-electron chi connectivity index (χ0n) is 15.3. The van der Waals surface area contributed by atoms with Gasteiger partial charge in [0.1, 0.15) is 5.00 Å². The number of nitrogens with one attached hydrogen (secondary N) is 2. The number of carbonyl (C=O) groups excluding carboxylic acids is 2. The molecule has 0 saturated heterocycles. The second-order valence-corrected chi connectivity index (χ2v) is 7.97. The Bertz CT molecular complexity index is 835. The van der Waals surface area contributed by atoms with E-state index < -0.39 is 6.03 Å². The lowest BCUT2D eigenvalue weighted by Gasteiger charge is -2.11. The Kier molecular flexibility index (Phi) is 6.74. The van der Waals surface area contributed by atoms with Gasteiger partial charge >= 0.3 is 12.0 Å². The number of hydrogen-bond donors (Lipinski definition) is 2. The number of esters is 1. The Balaban J connectivity index is 1.85. The molecule has 0 spiro atoms. The SMILES string of the molecule is CCOC(=O)c1c(NC(=O)Nc2cccc(Cl)c2)sc2c1CCCCCC2. The van der Waals surface area contributed by atoms with Crippen molar-refractivity contribution in [3.63, 3.8) is 0 Å². The van der Waals surface area contributed by atoms with Gasteiger partial charge in [0.25, 0.3) is 0 Å². The lowest BCUT2D eigenvalue weighted by Crippen LogP contribution is -2.20. The quantitative estimate of drug-likeness (QED) is 0.623. The number of amides is 2. The number of ether oxygens (including phenoxy) is 1. The number of hydrogen-bond acceptors (Lipinski definition) is 4. The second kappa shape index (κ2) is 9.24. The van der Waals surface area contributed by atoms with E-state index in [1.807, 2.05) is 0 Å². The number of urea groups is 1. The number of rotatable bonds is 4. The molecule has 1 heterocycles. The molecule has 144 valence electrons. The Morgan fingerprint density at radius 3 is 2.67 bits per heavy atom. The van der Waals surface area contributed by atoms with Gasteiger partial charge in [-0.25, -0.2) is 9.59 Å². The van der Waals surface area contributed by atoms with Crippen molar-refractivity contribution < 1.29 is 14.3 Å². The van der Waals surface area contributed by atoms with Crippen molar-refractivity contribution in [3.8, 4) is 0 Å². The van der Waals surface area contributed by atoms with Gasteiger partial charge in [0, 0.05) is 15.6 Å². The van der Waals surface area contributed by atoms with Crippen LogP contribution in [0.2, 0.25) is 5.02 Å². The Morgan fingerprint density at radius 1 is 1.15 bits per heavy atom. The average Bonchev–Trinajstić information content (AvgIpc) is 2.91. The number of aryl methyl sites for hydroxylation is 1. The summed E-state index contributed by atoms with van der Waals surface area (Å²) in [5.74, 6) is -0.367. The molecule has 1 aromatic carbocycles. The lowest BCUT2D eigenvalue weighted by molar-refractivity contribution is 0.0526. The van der Waals surface area contributed by atoms with Crippen molar-refractivity contribution >= 4 is 45.6 Å². The molecule has 1 aliphatic carbocycles. The maximum absolute atomic E-state index is 12.6. The molecule has 1 aliphatic rings. The summed E-state index contributed by atoms with van der Waals surface area (Å²) < 4.78 is 5.26. The lowest BCUT2D eigenvalue weighted by atomic mass is 9.96. The monoisotopic (exact) mass is 406 g/mol. The Hall–Kier alpha value is -2.05. The molecule has 0 aliphatic heterocycles. The van der Waals surface area contributed by atoms with E-state index in [9.17, 15) is 9.59 Å². The molecule has 0 radical (unpaired) electrons. The van der Waals surface area contributed by atoms with Gasteiger partial charge in [0.2, 0.25) is 0 Å². The third-order valence-electron chi connectivity index (χ3n) is 4.46. The molecule has 3 rings (SSSR count). The molecule has 5 nitrogen and oxygen atoms in total. The van der Waals surface area contributed by atoms with E-state index in [1.165, 1.54) is 22.6 Å². The van der Waals surface area contributed by atoms with Crippen LogP contribution in [0.25, 0.3) is 0 Å². The molecule has 2 N–H and O–H groups in total. The molecule has 27 heavy (non-hydrogen) atoms. The molecular weight excluding hydrogens is 384 g/mol. The van der Waals surface area contributed by atoms with E-state index >= 15 is 0 Å². The number of anilines is 2. The minimum Gasteiger partial charge on any atom is -0.462 e. The van der Waals surface area contributed by atoms with Crippen LogP contribution in [0.5, 0.6) is 0 Å². The van der Waals surface area contributed by atoms with Crippen LogP contribution in [0, 0.1) is 0 Å². The summed E-state index contributed by atoms with van der Waals surface area (Å²) in [5, 5.41) is 6.69. The zero-order valence-corrected chi connectivity index (χ0v) is 16.8. The summed E-state index contributed by atoms with van der Waals surface area (Å²) in [6.45, 7) is 2.09. The van der Waals surface area contributed by atoms with Gasteiger partial charge in [-0.3, -0.25) is 5.32 Å². The number of benzene rings is 1. The largest absolute Gasteiger partial charge is 0.462 e. The second-order valence-electron chi connectivity index (χ2n) is 6.43. The third kappa shape index (κ3) is 5.02. The van der Waals surface area contributed by atoms with Gasteiger partial charge in [-0.1, -0.05) is 30.5 Å². The third-order valence-corrected chi connectivity index (χ3v) is 5.90. The van der Waals surface area contributed by atoms with Gasteiger partial charge in [-0.05, 0) is 56.4 Å². The van der Waals surface area contributed by atoms with Gasteiger partial charge in [0.15, 0.2) is 0 Å². The first-order valence-electron chi connectivity index (χ1n) is 9.23. The maximum atomic E-state index is 12.6. The highest BCUT2D eigenvalue weighted by atomic mass is 35.5. The van der Waals surface area contributed by atoms with Gasteiger partial charge in [-0.15, -0.1) is 11.3 Å². The summed E-state index contributed by atoms with van der Waals surface area (Å²) in [7, 11) is 0. The van der Waals surface area contributed by atoms with Gasteiger partial charge < -0.3 is 10.1 Å². The van der Waals surface area contributed by atoms with Crippen molar-refractivity contribution in [1.29, 1.82) is 0 Å². The van der Waals surface area contributed by atoms with Crippen LogP contribution < -0.4 is 10.6 Å². The fraction of sp³-hybridized carbons (Fsp3) is 0.400. The molecule has 0 atom stereocenters. The highest BCUT2D eigenvalue weighted by Gasteiger charge is 2.26. The molecule has 2 aromatic rings. The number of halogens is 1. The van der Waals surface area contributed by atoms with Crippen LogP contribution in [0.4, 0.5) is 15.5 Å². The normalized spacial score (nSPS) is 13.9. The van der Waals surface area contributed by atoms with Gasteiger partial charge in [0.05, 0.1) is 12.2 Å². The average molecular weight is 407 g/mol. The molecule has 0 fully saturated rings. The first-order chi connectivity index (χ1) is 13.1. The summed E-state index contributed by atoms with van der Waals surface area (Å²) in [4.78, 5) is 26.2. The Labute approximate surface area is 168 Å². The molecule has 0 bridgehead atoms. The van der Waals surface area contributed by atoms with Crippen LogP contribution in [-0.4, -0.2) is 18.6 Å². The smallest absolute Gasteiger partial charge is 0.341 e. The molecule has 1 aromatic heterocycles. The van der Waals surface area contributed by atoms with Crippen LogP contribution in [0.1, 0.15) is 53.4 Å². The van der Waals surface area contributed by atoms with E-state index in [0.717, 1.165) is 37.7 Å². The maximum Gasteiger partial charge on any atom is 0.341 e. The highest BCUT2D eigenvalue weighted by Crippen LogP contribution is 2.37. The number of fused-ring (bicyclic) bond motifs is 1. The van der Waals surface area contributed by atoms with Crippen molar-refractivity contribution in [3.05, 3.63) is 45.3 Å². The van der Waals surface area contributed by atoms with Crippen LogP contribution in [-0.2, 0) is 17.6 Å². The van der Waals surface area contributed by atoms with Crippen LogP contribution in [0.15, 0.2) is 24.3 Å². The zero-order chi connectivity index (χ0) is 19.2. The standard InChI is InChI=1S/C20H23ClN2O3S/c1-2-26-19(24)17-15-10-5-3-4-6-11-16(15)27-18(17)23-20(25)22-14-9-7-8-13(21)12-14/h7-9,12H,2-6,10-11H2,1H3,(H2,22,23,25). The minimum absolute atomic E-state index is 0.303. The van der Waals surface area contributed by atoms with Crippen molar-refractivity contribution in [2.75, 3.05) is 17.2 Å². The van der Waals surface area contributed by atoms with Crippen molar-refractivity contribution in [2.45, 2.75) is 45.4 Å². The van der Waals surface area contributed by atoms with Crippen LogP contribution >= 0.6 is 22.9 Å². The minimum atomic E-state index is -0.406. The first kappa shape index (κ1) is 19.7. The fourth-order valence-electron chi connectivity index (χ4n) is 3.26. The molecule has 2 amide bonds. The van der Waals surface area contributed by atoms with Crippen molar-refractivity contribution in [2.24, 2.45) is 0 Å². The number of carbonyl (C=O) groups is 2. The van der Waals surface area contributed by atoms with Crippen molar-refractivity contribution in [1.82, 2.24) is 0 Å². The summed E-state index contributed by atoms with van der Waals surface area (Å²) >= 11 is 7.44. The van der Waals surface area contributed by atoms with E-state index in [4.69, 9.17) is 16.3 Å². The predicted octanol–water partition coefficient (Wildman–Crippen LogP) is 5.88.